The van der Waals surface area contributed by atoms with Gasteiger partial charge < -0.3 is 4.52 Å². The van der Waals surface area contributed by atoms with Crippen LogP contribution in [0, 0.1) is 0 Å². The molecule has 0 aliphatic rings. The predicted molar refractivity (Wildman–Crippen MR) is 84.8 cm³/mol. The molecule has 0 aromatic heterocycles. The lowest BCUT2D eigenvalue weighted by molar-refractivity contribution is 0.257. The van der Waals surface area contributed by atoms with Crippen LogP contribution in [0.1, 0.15) is 5.56 Å². The van der Waals surface area contributed by atoms with Gasteiger partial charge in [-0.3, -0.25) is 4.57 Å². The van der Waals surface area contributed by atoms with Crippen molar-refractivity contribution in [2.24, 2.45) is 10.6 Å². The molecule has 10 heteroatoms. The largest absolute Gasteiger partial charge is 0.341 e. The molecule has 0 fully saturated rings. The minimum atomic E-state index is -3.44. The van der Waals surface area contributed by atoms with Gasteiger partial charge in [0.2, 0.25) is 0 Å². The van der Waals surface area contributed by atoms with Crippen LogP contribution in [0.5, 0.6) is 0 Å². The van der Waals surface area contributed by atoms with Crippen molar-refractivity contribution >= 4 is 36.6 Å². The minimum Gasteiger partial charge on any atom is -0.301 e. The minimum absolute atomic E-state index is 0.0748. The average molecular weight is 352 g/mol. The van der Waals surface area contributed by atoms with Crippen LogP contribution in [0.3, 0.4) is 0 Å². The maximum atomic E-state index is 12.3. The molecule has 1 rings (SSSR count). The monoisotopic (exact) mass is 351 g/mol. The molecular weight excluding hydrogens is 336 g/mol. The Labute approximate surface area is 133 Å². The molecule has 1 aromatic rings. The third-order valence-corrected chi connectivity index (χ3v) is 4.62. The Morgan fingerprint density at radius 1 is 1.29 bits per heavy atom. The van der Waals surface area contributed by atoms with Crippen LogP contribution in [0.4, 0.5) is 5.69 Å². The number of alkyl halides is 2. The molecule has 0 bridgehead atoms. The van der Waals surface area contributed by atoms with Crippen LogP contribution in [-0.4, -0.2) is 29.5 Å². The molecule has 116 valence electrons. The van der Waals surface area contributed by atoms with Crippen LogP contribution < -0.4 is 5.50 Å². The van der Waals surface area contributed by atoms with Crippen LogP contribution >= 0.6 is 30.9 Å². The number of nitrogens with two attached hydrogens (primary N) is 1. The number of benzene rings is 1. The van der Waals surface area contributed by atoms with Gasteiger partial charge in [-0.2, -0.15) is 0 Å². The lowest BCUT2D eigenvalue weighted by Gasteiger charge is -2.26. The molecule has 0 aliphatic carbocycles. The van der Waals surface area contributed by atoms with E-state index in [9.17, 15) is 4.57 Å². The summed E-state index contributed by atoms with van der Waals surface area (Å²) < 4.78 is 19.1. The van der Waals surface area contributed by atoms with Crippen LogP contribution in [0.25, 0.3) is 10.4 Å². The lowest BCUT2D eigenvalue weighted by atomic mass is 10.2. The Hall–Kier alpha value is -0.780. The quantitative estimate of drug-likeness (QED) is 0.238. The molecule has 1 aromatic carbocycles. The van der Waals surface area contributed by atoms with Crippen LogP contribution in [-0.2, 0) is 15.7 Å². The van der Waals surface area contributed by atoms with Gasteiger partial charge in [-0.05, 0) is 11.1 Å². The number of halogens is 2. The second-order valence-corrected chi connectivity index (χ2v) is 6.73. The Kier molecular flexibility index (Phi) is 8.07. The van der Waals surface area contributed by atoms with Crippen molar-refractivity contribution < 1.29 is 9.09 Å². The maximum absolute atomic E-state index is 12.3. The number of hydrogen-bond acceptors (Lipinski definition) is 3. The molecule has 21 heavy (non-hydrogen) atoms. The van der Waals surface area contributed by atoms with Gasteiger partial charge in [-0.1, -0.05) is 29.4 Å². The summed E-state index contributed by atoms with van der Waals surface area (Å²) in [6, 6.07) is 6.68. The van der Waals surface area contributed by atoms with Gasteiger partial charge in [0, 0.05) is 35.4 Å². The fraction of sp³-hybridized carbons (Fsp3) is 0.455. The third kappa shape index (κ3) is 6.24. The molecule has 0 saturated carbocycles. The van der Waals surface area contributed by atoms with Gasteiger partial charge in [0.1, 0.15) is 0 Å². The van der Waals surface area contributed by atoms with E-state index in [0.29, 0.717) is 18.8 Å². The molecule has 0 aliphatic heterocycles. The van der Waals surface area contributed by atoms with Crippen molar-refractivity contribution in [1.82, 2.24) is 4.67 Å². The van der Waals surface area contributed by atoms with Gasteiger partial charge in [0.15, 0.2) is 0 Å². The summed E-state index contributed by atoms with van der Waals surface area (Å²) in [5.74, 6) is 0.560. The number of rotatable bonds is 9. The molecule has 1 unspecified atom stereocenters. The molecule has 2 N–H and O–H groups in total. The van der Waals surface area contributed by atoms with Crippen molar-refractivity contribution in [3.8, 4) is 0 Å². The Morgan fingerprint density at radius 2 is 1.86 bits per heavy atom. The van der Waals surface area contributed by atoms with E-state index in [1.165, 1.54) is 4.67 Å². The SMILES string of the molecule is [N-]=[N+]=Nc1ccc(COP(N)(=O)N(CCCl)CCCl)cc1. The van der Waals surface area contributed by atoms with Gasteiger partial charge in [0.25, 0.3) is 0 Å². The normalized spacial score (nSPS) is 13.7. The topological polar surface area (TPSA) is 104 Å². The van der Waals surface area contributed by atoms with Crippen molar-refractivity contribution in [2.45, 2.75) is 6.61 Å². The maximum Gasteiger partial charge on any atom is 0.341 e. The fourth-order valence-corrected chi connectivity index (χ4v) is 3.44. The first-order valence-electron chi connectivity index (χ1n) is 6.08. The highest BCUT2D eigenvalue weighted by Crippen LogP contribution is 2.43. The van der Waals surface area contributed by atoms with Crippen molar-refractivity contribution in [3.63, 3.8) is 0 Å². The highest BCUT2D eigenvalue weighted by Gasteiger charge is 2.26. The zero-order valence-corrected chi connectivity index (χ0v) is 13.6. The van der Waals surface area contributed by atoms with Crippen molar-refractivity contribution in [2.75, 3.05) is 24.8 Å². The smallest absolute Gasteiger partial charge is 0.301 e. The Morgan fingerprint density at radius 3 is 2.33 bits per heavy atom. The molecule has 0 saturated heterocycles. The summed E-state index contributed by atoms with van der Waals surface area (Å²) in [6.07, 6.45) is 0. The van der Waals surface area contributed by atoms with Gasteiger partial charge in [-0.25, -0.2) is 10.2 Å². The van der Waals surface area contributed by atoms with Crippen LogP contribution in [0.2, 0.25) is 0 Å². The lowest BCUT2D eigenvalue weighted by Crippen LogP contribution is -2.29. The second kappa shape index (κ2) is 9.28. The summed E-state index contributed by atoms with van der Waals surface area (Å²) in [5.41, 5.74) is 15.3. The Bertz CT molecular complexity index is 530. The first-order valence-corrected chi connectivity index (χ1v) is 8.79. The predicted octanol–water partition coefficient (Wildman–Crippen LogP) is 3.99. The van der Waals surface area contributed by atoms with E-state index in [2.05, 4.69) is 10.0 Å². The fourth-order valence-electron chi connectivity index (χ4n) is 1.54. The van der Waals surface area contributed by atoms with E-state index in [0.717, 1.165) is 5.56 Å². The average Bonchev–Trinajstić information content (AvgIpc) is 2.47. The third-order valence-electron chi connectivity index (χ3n) is 2.59. The van der Waals surface area contributed by atoms with E-state index >= 15 is 0 Å². The van der Waals surface area contributed by atoms with Crippen LogP contribution in [0.15, 0.2) is 29.4 Å². The molecular formula is C11H16Cl2N5O2P. The van der Waals surface area contributed by atoms with Gasteiger partial charge in [-0.15, -0.1) is 23.2 Å². The highest BCUT2D eigenvalue weighted by atomic mass is 35.5. The van der Waals surface area contributed by atoms with E-state index in [1.54, 1.807) is 24.3 Å². The van der Waals surface area contributed by atoms with E-state index in [-0.39, 0.29) is 18.4 Å². The van der Waals surface area contributed by atoms with Crippen molar-refractivity contribution in [1.29, 1.82) is 0 Å². The van der Waals surface area contributed by atoms with E-state index < -0.39 is 7.67 Å². The summed E-state index contributed by atoms with van der Waals surface area (Å²) in [4.78, 5) is 2.68. The zero-order valence-electron chi connectivity index (χ0n) is 11.2. The molecule has 0 spiro atoms. The van der Waals surface area contributed by atoms with E-state index in [4.69, 9.17) is 38.8 Å². The zero-order chi connectivity index (χ0) is 15.7. The highest BCUT2D eigenvalue weighted by molar-refractivity contribution is 7.53. The number of nitrogens with zero attached hydrogens (tertiary/aromatic N) is 4. The summed E-state index contributed by atoms with van der Waals surface area (Å²) in [6.45, 7) is 0.737. The summed E-state index contributed by atoms with van der Waals surface area (Å²) >= 11 is 11.3. The molecule has 0 heterocycles. The summed E-state index contributed by atoms with van der Waals surface area (Å²) in [7, 11) is -3.44. The standard InChI is InChI=1S/C11H16Cl2N5O2P/c12-5-7-18(8-6-13)21(15,19)20-9-10-1-3-11(4-2-10)16-17-14/h1-4H,5-9H2,(H2,15,19). The van der Waals surface area contributed by atoms with E-state index in [1.807, 2.05) is 0 Å². The second-order valence-electron chi connectivity index (χ2n) is 4.03. The molecule has 0 radical (unpaired) electrons. The Balaban J connectivity index is 2.66. The first kappa shape index (κ1) is 18.3. The number of azide groups is 1. The molecule has 0 amide bonds. The van der Waals surface area contributed by atoms with Crippen molar-refractivity contribution in [3.05, 3.63) is 40.3 Å². The molecule has 7 nitrogen and oxygen atoms in total. The number of hydrogen-bond donors (Lipinski definition) is 1. The first-order chi connectivity index (χ1) is 10.0. The molecule has 1 atom stereocenters. The summed E-state index contributed by atoms with van der Waals surface area (Å²) in [5, 5.41) is 3.46. The van der Waals surface area contributed by atoms with Gasteiger partial charge >= 0.3 is 7.67 Å². The van der Waals surface area contributed by atoms with Gasteiger partial charge in [0.05, 0.1) is 6.61 Å².